The highest BCUT2D eigenvalue weighted by atomic mass is 79.9. The van der Waals surface area contributed by atoms with Gasteiger partial charge in [-0.15, -0.1) is 0 Å². The first-order chi connectivity index (χ1) is 8.70. The van der Waals surface area contributed by atoms with E-state index in [0.717, 1.165) is 5.56 Å². The van der Waals surface area contributed by atoms with E-state index in [1.54, 1.807) is 36.4 Å². The van der Waals surface area contributed by atoms with E-state index >= 15 is 0 Å². The second-order valence-corrected chi connectivity index (χ2v) is 4.47. The Hall–Kier alpha value is -1.56. The molecule has 0 saturated heterocycles. The molecule has 0 saturated carbocycles. The number of carbonyl (C=O) groups is 1. The molecule has 0 aromatic heterocycles. The van der Waals surface area contributed by atoms with Crippen molar-refractivity contribution >= 4 is 33.3 Å². The molecule has 0 radical (unpaired) electrons. The Kier molecular flexibility index (Phi) is 4.19. The highest BCUT2D eigenvalue weighted by molar-refractivity contribution is 9.12. The molecule has 0 N–H and O–H groups in total. The van der Waals surface area contributed by atoms with Crippen molar-refractivity contribution in [2.75, 3.05) is 0 Å². The maximum Gasteiger partial charge on any atom is 0.193 e. The van der Waals surface area contributed by atoms with Crippen LogP contribution in [-0.4, -0.2) is 5.78 Å². The molecule has 2 aromatic carbocycles. The molecule has 18 heavy (non-hydrogen) atoms. The Morgan fingerprint density at radius 3 is 1.94 bits per heavy atom. The molecule has 0 aliphatic carbocycles. The summed E-state index contributed by atoms with van der Waals surface area (Å²) in [4.78, 5) is 14.8. The summed E-state index contributed by atoms with van der Waals surface area (Å²) in [6.45, 7) is 0. The molecule has 0 bridgehead atoms. The van der Waals surface area contributed by atoms with E-state index in [1.807, 2.05) is 12.1 Å². The third-order valence-electron chi connectivity index (χ3n) is 2.45. The fourth-order valence-electron chi connectivity index (χ4n) is 1.53. The van der Waals surface area contributed by atoms with Crippen molar-refractivity contribution in [3.05, 3.63) is 70.2 Å². The van der Waals surface area contributed by atoms with E-state index in [0.29, 0.717) is 16.1 Å². The zero-order chi connectivity index (χ0) is 13.0. The molecule has 0 heterocycles. The van der Waals surface area contributed by atoms with E-state index in [1.165, 1.54) is 0 Å². The normalized spacial score (nSPS) is 9.44. The first-order valence-electron chi connectivity index (χ1n) is 5.22. The second kappa shape index (κ2) is 5.86. The molecule has 0 aliphatic rings. The van der Waals surface area contributed by atoms with Crippen LogP contribution in [0.3, 0.4) is 0 Å². The standard InChI is InChI=1S/C15H8BrClO/c16-10-9-11-1-3-12(4-2-11)15(18)13-5-7-14(17)8-6-13/h1-8H. The summed E-state index contributed by atoms with van der Waals surface area (Å²) < 4.78 is 0. The Morgan fingerprint density at radius 1 is 0.944 bits per heavy atom. The van der Waals surface area contributed by atoms with Gasteiger partial charge in [-0.25, -0.2) is 0 Å². The minimum atomic E-state index is -0.0231. The molecule has 2 rings (SSSR count). The molecule has 0 unspecified atom stereocenters. The van der Waals surface area contributed by atoms with Crippen LogP contribution >= 0.6 is 27.5 Å². The lowest BCUT2D eigenvalue weighted by atomic mass is 10.0. The molecule has 2 aromatic rings. The van der Waals surface area contributed by atoms with Crippen molar-refractivity contribution in [3.8, 4) is 10.8 Å². The maximum absolute atomic E-state index is 12.1. The molecular formula is C15H8BrClO. The van der Waals surface area contributed by atoms with Gasteiger partial charge in [-0.3, -0.25) is 4.79 Å². The minimum absolute atomic E-state index is 0.0231. The summed E-state index contributed by atoms with van der Waals surface area (Å²) in [7, 11) is 0. The fourth-order valence-corrected chi connectivity index (χ4v) is 1.88. The number of rotatable bonds is 2. The third kappa shape index (κ3) is 3.01. The Morgan fingerprint density at radius 2 is 1.44 bits per heavy atom. The van der Waals surface area contributed by atoms with Gasteiger partial charge in [-0.05, 0) is 53.4 Å². The van der Waals surface area contributed by atoms with Gasteiger partial charge in [0, 0.05) is 37.6 Å². The molecule has 0 aliphatic heterocycles. The lowest BCUT2D eigenvalue weighted by Crippen LogP contribution is -2.00. The number of hydrogen-bond acceptors (Lipinski definition) is 1. The largest absolute Gasteiger partial charge is 0.289 e. The van der Waals surface area contributed by atoms with Crippen LogP contribution < -0.4 is 0 Å². The predicted octanol–water partition coefficient (Wildman–Crippen LogP) is 4.27. The average molecular weight is 320 g/mol. The molecule has 0 atom stereocenters. The van der Waals surface area contributed by atoms with Gasteiger partial charge < -0.3 is 0 Å². The van der Waals surface area contributed by atoms with Gasteiger partial charge in [-0.2, -0.15) is 0 Å². The van der Waals surface area contributed by atoms with Crippen LogP contribution in [0.2, 0.25) is 5.02 Å². The van der Waals surface area contributed by atoms with Crippen LogP contribution in [0.4, 0.5) is 0 Å². The lowest BCUT2D eigenvalue weighted by molar-refractivity contribution is 0.103. The number of carbonyl (C=O) groups excluding carboxylic acids is 1. The van der Waals surface area contributed by atoms with Crippen molar-refractivity contribution in [2.45, 2.75) is 0 Å². The van der Waals surface area contributed by atoms with Crippen LogP contribution in [0, 0.1) is 10.8 Å². The monoisotopic (exact) mass is 318 g/mol. The minimum Gasteiger partial charge on any atom is -0.289 e. The van der Waals surface area contributed by atoms with Crippen LogP contribution in [0.25, 0.3) is 0 Å². The van der Waals surface area contributed by atoms with Crippen molar-refractivity contribution in [1.29, 1.82) is 0 Å². The summed E-state index contributed by atoms with van der Waals surface area (Å²) in [6, 6.07) is 14.0. The first-order valence-corrected chi connectivity index (χ1v) is 6.40. The average Bonchev–Trinajstić information content (AvgIpc) is 2.40. The molecule has 1 nitrogen and oxygen atoms in total. The number of benzene rings is 2. The van der Waals surface area contributed by atoms with Crippen molar-refractivity contribution in [3.63, 3.8) is 0 Å². The second-order valence-electron chi connectivity index (χ2n) is 3.63. The van der Waals surface area contributed by atoms with E-state index < -0.39 is 0 Å². The van der Waals surface area contributed by atoms with E-state index in [4.69, 9.17) is 11.6 Å². The first kappa shape index (κ1) is 12.9. The van der Waals surface area contributed by atoms with E-state index in [-0.39, 0.29) is 5.78 Å². The zero-order valence-corrected chi connectivity index (χ0v) is 11.6. The predicted molar refractivity (Wildman–Crippen MR) is 77.1 cm³/mol. The highest BCUT2D eigenvalue weighted by Crippen LogP contribution is 2.14. The quantitative estimate of drug-likeness (QED) is 0.596. The molecule has 0 spiro atoms. The molecule has 88 valence electrons. The smallest absolute Gasteiger partial charge is 0.193 e. The van der Waals surface area contributed by atoms with Crippen LogP contribution in [0.1, 0.15) is 21.5 Å². The fraction of sp³-hybridized carbons (Fsp3) is 0. The van der Waals surface area contributed by atoms with Crippen LogP contribution in [0.15, 0.2) is 48.5 Å². The molecule has 0 fully saturated rings. The summed E-state index contributed by atoms with van der Waals surface area (Å²) >= 11 is 8.82. The van der Waals surface area contributed by atoms with Gasteiger partial charge in [0.05, 0.1) is 0 Å². The Labute approximate surface area is 119 Å². The van der Waals surface area contributed by atoms with Gasteiger partial charge in [0.1, 0.15) is 0 Å². The molecular weight excluding hydrogens is 312 g/mol. The zero-order valence-electron chi connectivity index (χ0n) is 9.28. The van der Waals surface area contributed by atoms with Crippen molar-refractivity contribution < 1.29 is 4.79 Å². The maximum atomic E-state index is 12.1. The third-order valence-corrected chi connectivity index (χ3v) is 2.90. The van der Waals surface area contributed by atoms with Gasteiger partial charge in [0.25, 0.3) is 0 Å². The lowest BCUT2D eigenvalue weighted by Gasteiger charge is -2.01. The molecule has 3 heteroatoms. The number of halogens is 2. The van der Waals surface area contributed by atoms with E-state index in [9.17, 15) is 4.79 Å². The van der Waals surface area contributed by atoms with E-state index in [2.05, 4.69) is 26.7 Å². The van der Waals surface area contributed by atoms with Crippen molar-refractivity contribution in [2.24, 2.45) is 0 Å². The molecule has 0 amide bonds. The van der Waals surface area contributed by atoms with Gasteiger partial charge in [0.2, 0.25) is 0 Å². The summed E-state index contributed by atoms with van der Waals surface area (Å²) in [5, 5.41) is 0.620. The van der Waals surface area contributed by atoms with Crippen LogP contribution in [0.5, 0.6) is 0 Å². The van der Waals surface area contributed by atoms with Gasteiger partial charge in [-0.1, -0.05) is 17.5 Å². The number of hydrogen-bond donors (Lipinski definition) is 0. The summed E-state index contributed by atoms with van der Waals surface area (Å²) in [5.74, 6) is 2.84. The topological polar surface area (TPSA) is 17.1 Å². The van der Waals surface area contributed by atoms with Crippen LogP contribution in [-0.2, 0) is 0 Å². The number of ketones is 1. The Bertz CT molecular complexity index is 618. The summed E-state index contributed by atoms with van der Waals surface area (Å²) in [6.07, 6.45) is 0. The van der Waals surface area contributed by atoms with Gasteiger partial charge >= 0.3 is 0 Å². The Balaban J connectivity index is 2.27. The van der Waals surface area contributed by atoms with Gasteiger partial charge in [0.15, 0.2) is 5.78 Å². The SMILES string of the molecule is O=C(c1ccc(Cl)cc1)c1ccc(C#CBr)cc1. The van der Waals surface area contributed by atoms with Crippen molar-refractivity contribution in [1.82, 2.24) is 0 Å². The summed E-state index contributed by atoms with van der Waals surface area (Å²) in [5.41, 5.74) is 2.12. The highest BCUT2D eigenvalue weighted by Gasteiger charge is 2.08.